The summed E-state index contributed by atoms with van der Waals surface area (Å²) in [6.45, 7) is 2.06. The van der Waals surface area contributed by atoms with Crippen molar-refractivity contribution in [3.63, 3.8) is 0 Å². The maximum Gasteiger partial charge on any atom is 0.336 e. The SMILES string of the molecule is O=C(O)c1ccccc1S[C@H]1CC(=O)N(c2ccc(N3CCCCC3)cc2)C1=O. The van der Waals surface area contributed by atoms with Crippen LogP contribution in [0.3, 0.4) is 0 Å². The molecular formula is C22H22N2O4S. The van der Waals surface area contributed by atoms with Gasteiger partial charge in [0.25, 0.3) is 0 Å². The fourth-order valence-corrected chi connectivity index (χ4v) is 5.01. The van der Waals surface area contributed by atoms with Gasteiger partial charge in [0, 0.05) is 30.1 Å². The van der Waals surface area contributed by atoms with Crippen LogP contribution in [0.2, 0.25) is 0 Å². The van der Waals surface area contributed by atoms with Gasteiger partial charge in [-0.15, -0.1) is 11.8 Å². The molecule has 150 valence electrons. The quantitative estimate of drug-likeness (QED) is 0.756. The van der Waals surface area contributed by atoms with E-state index in [1.165, 1.54) is 30.2 Å². The molecule has 2 aromatic carbocycles. The van der Waals surface area contributed by atoms with Gasteiger partial charge in [-0.2, -0.15) is 0 Å². The summed E-state index contributed by atoms with van der Waals surface area (Å²) < 4.78 is 0. The molecule has 2 saturated heterocycles. The number of rotatable bonds is 5. The third kappa shape index (κ3) is 4.00. The third-order valence-electron chi connectivity index (χ3n) is 5.32. The van der Waals surface area contributed by atoms with Gasteiger partial charge < -0.3 is 10.0 Å². The van der Waals surface area contributed by atoms with Gasteiger partial charge in [-0.1, -0.05) is 12.1 Å². The molecule has 2 aliphatic heterocycles. The fraction of sp³-hybridized carbons (Fsp3) is 0.318. The lowest BCUT2D eigenvalue weighted by Crippen LogP contribution is -2.31. The number of aromatic carboxylic acids is 1. The zero-order valence-electron chi connectivity index (χ0n) is 15.9. The van der Waals surface area contributed by atoms with Crippen LogP contribution in [0.5, 0.6) is 0 Å². The van der Waals surface area contributed by atoms with Gasteiger partial charge in [-0.25, -0.2) is 9.69 Å². The number of benzene rings is 2. The Kier molecular flexibility index (Phi) is 5.58. The Balaban J connectivity index is 1.50. The number of hydrogen-bond donors (Lipinski definition) is 1. The Hall–Kier alpha value is -2.80. The average molecular weight is 410 g/mol. The highest BCUT2D eigenvalue weighted by Gasteiger charge is 2.40. The van der Waals surface area contributed by atoms with E-state index in [1.807, 2.05) is 24.3 Å². The number of amides is 2. The van der Waals surface area contributed by atoms with Crippen LogP contribution in [-0.2, 0) is 9.59 Å². The monoisotopic (exact) mass is 410 g/mol. The summed E-state index contributed by atoms with van der Waals surface area (Å²) in [5.74, 6) is -1.60. The van der Waals surface area contributed by atoms with E-state index in [0.717, 1.165) is 30.5 Å². The van der Waals surface area contributed by atoms with Gasteiger partial charge in [0.1, 0.15) is 0 Å². The van der Waals surface area contributed by atoms with E-state index >= 15 is 0 Å². The topological polar surface area (TPSA) is 77.9 Å². The van der Waals surface area contributed by atoms with Gasteiger partial charge in [0.05, 0.1) is 16.5 Å². The standard InChI is InChI=1S/C22H22N2O4S/c25-20-14-19(29-18-7-3-2-6-17(18)22(27)28)21(26)24(20)16-10-8-15(9-11-16)23-12-4-1-5-13-23/h2-3,6-11,19H,1,4-5,12-14H2,(H,27,28)/t19-/m0/s1. The van der Waals surface area contributed by atoms with Crippen molar-refractivity contribution in [2.75, 3.05) is 22.9 Å². The summed E-state index contributed by atoms with van der Waals surface area (Å²) in [6, 6.07) is 14.1. The Morgan fingerprint density at radius 3 is 2.28 bits per heavy atom. The van der Waals surface area contributed by atoms with Crippen molar-refractivity contribution in [3.8, 4) is 0 Å². The first-order chi connectivity index (χ1) is 14.0. The van der Waals surface area contributed by atoms with Gasteiger partial charge >= 0.3 is 5.97 Å². The van der Waals surface area contributed by atoms with Crippen LogP contribution in [0.4, 0.5) is 11.4 Å². The Labute approximate surface area is 173 Å². The number of nitrogens with zero attached hydrogens (tertiary/aromatic N) is 2. The van der Waals surface area contributed by atoms with Crippen molar-refractivity contribution in [1.29, 1.82) is 0 Å². The Morgan fingerprint density at radius 2 is 1.59 bits per heavy atom. The predicted octanol–water partition coefficient (Wildman–Crippen LogP) is 3.80. The number of carbonyl (C=O) groups excluding carboxylic acids is 2. The van der Waals surface area contributed by atoms with Crippen molar-refractivity contribution in [2.24, 2.45) is 0 Å². The van der Waals surface area contributed by atoms with Gasteiger partial charge in [0.15, 0.2) is 0 Å². The largest absolute Gasteiger partial charge is 0.478 e. The molecular weight excluding hydrogens is 388 g/mol. The van der Waals surface area contributed by atoms with Crippen molar-refractivity contribution in [1.82, 2.24) is 0 Å². The number of carbonyl (C=O) groups is 3. The first-order valence-electron chi connectivity index (χ1n) is 9.75. The van der Waals surface area contributed by atoms with Crippen LogP contribution in [0, 0.1) is 0 Å². The number of carboxylic acids is 1. The fourth-order valence-electron chi connectivity index (χ4n) is 3.83. The molecule has 0 saturated carbocycles. The molecule has 2 heterocycles. The molecule has 0 bridgehead atoms. The molecule has 0 spiro atoms. The summed E-state index contributed by atoms with van der Waals surface area (Å²) in [6.07, 6.45) is 3.68. The summed E-state index contributed by atoms with van der Waals surface area (Å²) >= 11 is 1.14. The van der Waals surface area contributed by atoms with E-state index < -0.39 is 11.2 Å². The van der Waals surface area contributed by atoms with Crippen LogP contribution >= 0.6 is 11.8 Å². The van der Waals surface area contributed by atoms with Crippen LogP contribution in [0.15, 0.2) is 53.4 Å². The summed E-state index contributed by atoms with van der Waals surface area (Å²) in [4.78, 5) is 40.9. The summed E-state index contributed by atoms with van der Waals surface area (Å²) in [5.41, 5.74) is 1.81. The van der Waals surface area contributed by atoms with E-state index in [4.69, 9.17) is 0 Å². The van der Waals surface area contributed by atoms with E-state index in [1.54, 1.807) is 18.2 Å². The molecule has 2 fully saturated rings. The first-order valence-corrected chi connectivity index (χ1v) is 10.6. The Morgan fingerprint density at radius 1 is 0.931 bits per heavy atom. The highest BCUT2D eigenvalue weighted by molar-refractivity contribution is 8.00. The lowest BCUT2D eigenvalue weighted by molar-refractivity contribution is -0.121. The Bertz CT molecular complexity index is 938. The summed E-state index contributed by atoms with van der Waals surface area (Å²) in [5, 5.41) is 8.72. The van der Waals surface area contributed by atoms with Crippen LogP contribution in [0.25, 0.3) is 0 Å². The molecule has 0 radical (unpaired) electrons. The number of piperidine rings is 1. The lowest BCUT2D eigenvalue weighted by atomic mass is 10.1. The van der Waals surface area contributed by atoms with E-state index in [0.29, 0.717) is 10.6 Å². The second-order valence-corrected chi connectivity index (χ2v) is 8.49. The molecule has 2 amide bonds. The van der Waals surface area contributed by atoms with Gasteiger partial charge in [-0.05, 0) is 55.7 Å². The van der Waals surface area contributed by atoms with E-state index in [2.05, 4.69) is 4.90 Å². The van der Waals surface area contributed by atoms with Crippen molar-refractivity contribution >= 4 is 40.9 Å². The van der Waals surface area contributed by atoms with Crippen LogP contribution in [0.1, 0.15) is 36.0 Å². The van der Waals surface area contributed by atoms with Crippen molar-refractivity contribution < 1.29 is 19.5 Å². The van der Waals surface area contributed by atoms with Crippen LogP contribution < -0.4 is 9.80 Å². The molecule has 0 aliphatic carbocycles. The molecule has 0 unspecified atom stereocenters. The second-order valence-electron chi connectivity index (χ2n) is 7.24. The number of anilines is 2. The average Bonchev–Trinajstić information content (AvgIpc) is 3.02. The smallest absolute Gasteiger partial charge is 0.336 e. The normalized spacial score (nSPS) is 19.7. The number of carboxylic acid groups (broad SMARTS) is 1. The highest BCUT2D eigenvalue weighted by atomic mass is 32.2. The maximum atomic E-state index is 12.9. The molecule has 2 aromatic rings. The zero-order chi connectivity index (χ0) is 20.4. The number of hydrogen-bond acceptors (Lipinski definition) is 5. The molecule has 29 heavy (non-hydrogen) atoms. The minimum absolute atomic E-state index is 0.0608. The first kappa shape index (κ1) is 19.5. The highest BCUT2D eigenvalue weighted by Crippen LogP contribution is 2.36. The van der Waals surface area contributed by atoms with Crippen molar-refractivity contribution in [2.45, 2.75) is 35.8 Å². The molecule has 0 aromatic heterocycles. The van der Waals surface area contributed by atoms with Gasteiger partial charge in [-0.3, -0.25) is 9.59 Å². The maximum absolute atomic E-state index is 12.9. The molecule has 1 atom stereocenters. The summed E-state index contributed by atoms with van der Waals surface area (Å²) in [7, 11) is 0. The zero-order valence-corrected chi connectivity index (χ0v) is 16.7. The number of imide groups is 1. The second kappa shape index (κ2) is 8.29. The minimum Gasteiger partial charge on any atom is -0.478 e. The minimum atomic E-state index is -1.05. The van der Waals surface area contributed by atoms with E-state index in [9.17, 15) is 19.5 Å². The molecule has 7 heteroatoms. The lowest BCUT2D eigenvalue weighted by Gasteiger charge is -2.29. The molecule has 4 rings (SSSR count). The van der Waals surface area contributed by atoms with Crippen molar-refractivity contribution in [3.05, 3.63) is 54.1 Å². The third-order valence-corrected chi connectivity index (χ3v) is 6.58. The molecule has 2 aliphatic rings. The van der Waals surface area contributed by atoms with Crippen LogP contribution in [-0.4, -0.2) is 41.2 Å². The van der Waals surface area contributed by atoms with Gasteiger partial charge in [0.2, 0.25) is 11.8 Å². The number of thioether (sulfide) groups is 1. The molecule has 1 N–H and O–H groups in total. The molecule has 6 nitrogen and oxygen atoms in total. The predicted molar refractivity (Wildman–Crippen MR) is 113 cm³/mol. The van der Waals surface area contributed by atoms with E-state index in [-0.39, 0.29) is 23.8 Å².